The first kappa shape index (κ1) is 16.7. The molecule has 0 aliphatic carbocycles. The lowest BCUT2D eigenvalue weighted by Gasteiger charge is -2.25. The largest absolute Gasteiger partial charge is 0.295 e. The first-order valence-corrected chi connectivity index (χ1v) is 9.22. The molecule has 0 spiro atoms. The van der Waals surface area contributed by atoms with Crippen LogP contribution >= 0.6 is 0 Å². The summed E-state index contributed by atoms with van der Waals surface area (Å²) >= 11 is 0. The molecule has 0 aliphatic rings. The van der Waals surface area contributed by atoms with E-state index in [0.717, 1.165) is 12.1 Å². The van der Waals surface area contributed by atoms with Gasteiger partial charge in [0.25, 0.3) is 0 Å². The van der Waals surface area contributed by atoms with Crippen LogP contribution in [0.2, 0.25) is 0 Å². The van der Waals surface area contributed by atoms with Gasteiger partial charge < -0.3 is 0 Å². The molecule has 2 aromatic carbocycles. The highest BCUT2D eigenvalue weighted by atomic mass is 32.2. The number of sulfone groups is 1. The zero-order chi connectivity index (χ0) is 16.3. The van der Waals surface area contributed by atoms with Gasteiger partial charge in [0.1, 0.15) is 0 Å². The molecule has 0 fully saturated rings. The Kier molecular flexibility index (Phi) is 5.04. The van der Waals surface area contributed by atoms with Crippen LogP contribution in [0.5, 0.6) is 0 Å². The van der Waals surface area contributed by atoms with E-state index in [4.69, 9.17) is 0 Å². The predicted molar refractivity (Wildman–Crippen MR) is 90.6 cm³/mol. The number of nitrogens with zero attached hydrogens (tertiary/aromatic N) is 1. The second-order valence-electron chi connectivity index (χ2n) is 5.92. The Morgan fingerprint density at radius 2 is 1.73 bits per heavy atom. The van der Waals surface area contributed by atoms with Crippen molar-refractivity contribution >= 4 is 9.84 Å². The lowest BCUT2D eigenvalue weighted by molar-refractivity contribution is 0.253. The number of hydrogen-bond donors (Lipinski definition) is 0. The lowest BCUT2D eigenvalue weighted by Crippen LogP contribution is -2.22. The summed E-state index contributed by atoms with van der Waals surface area (Å²) in [5.41, 5.74) is 3.65. The summed E-state index contributed by atoms with van der Waals surface area (Å²) in [7, 11) is -1.05. The quantitative estimate of drug-likeness (QED) is 0.845. The Hall–Kier alpha value is -1.65. The minimum absolute atomic E-state index is 0.217. The Balaban J connectivity index is 2.12. The van der Waals surface area contributed by atoms with Crippen LogP contribution in [0.1, 0.15) is 29.7 Å². The summed E-state index contributed by atoms with van der Waals surface area (Å²) in [6, 6.07) is 15.9. The highest BCUT2D eigenvalue weighted by molar-refractivity contribution is 7.90. The normalized spacial score (nSPS) is 13.3. The summed E-state index contributed by atoms with van der Waals surface area (Å²) in [5, 5.41) is 0. The maximum absolute atomic E-state index is 11.5. The van der Waals surface area contributed by atoms with Gasteiger partial charge in [0.15, 0.2) is 9.84 Å². The monoisotopic (exact) mass is 317 g/mol. The standard InChI is InChI=1S/C18H23NO2S/c1-14-6-5-7-16(12-14)13-19(3)15(2)17-8-10-18(11-9-17)22(4,20)21/h5-12,15H,13H2,1-4H3. The fraction of sp³-hybridized carbons (Fsp3) is 0.333. The zero-order valence-corrected chi connectivity index (χ0v) is 14.4. The van der Waals surface area contributed by atoms with Crippen LogP contribution in [-0.2, 0) is 16.4 Å². The molecule has 1 unspecified atom stereocenters. The maximum Gasteiger partial charge on any atom is 0.175 e. The molecule has 0 N–H and O–H groups in total. The van der Waals surface area contributed by atoms with Gasteiger partial charge in [-0.3, -0.25) is 4.90 Å². The van der Waals surface area contributed by atoms with Gasteiger partial charge in [-0.1, -0.05) is 42.0 Å². The van der Waals surface area contributed by atoms with Crippen molar-refractivity contribution in [2.75, 3.05) is 13.3 Å². The second-order valence-corrected chi connectivity index (χ2v) is 7.94. The van der Waals surface area contributed by atoms with Crippen LogP contribution in [0.15, 0.2) is 53.4 Å². The topological polar surface area (TPSA) is 37.4 Å². The third-order valence-electron chi connectivity index (χ3n) is 3.97. The number of benzene rings is 2. The van der Waals surface area contributed by atoms with E-state index in [1.807, 2.05) is 12.1 Å². The molecular weight excluding hydrogens is 294 g/mol. The molecule has 0 aliphatic heterocycles. The van der Waals surface area contributed by atoms with Crippen LogP contribution in [0, 0.1) is 6.92 Å². The Morgan fingerprint density at radius 1 is 1.09 bits per heavy atom. The summed E-state index contributed by atoms with van der Waals surface area (Å²) in [6.45, 7) is 5.08. The van der Waals surface area contributed by atoms with Crippen LogP contribution in [0.25, 0.3) is 0 Å². The van der Waals surface area contributed by atoms with Gasteiger partial charge in [0.2, 0.25) is 0 Å². The van der Waals surface area contributed by atoms with E-state index >= 15 is 0 Å². The molecule has 22 heavy (non-hydrogen) atoms. The summed E-state index contributed by atoms with van der Waals surface area (Å²) in [4.78, 5) is 2.62. The van der Waals surface area contributed by atoms with E-state index in [2.05, 4.69) is 50.1 Å². The van der Waals surface area contributed by atoms with Gasteiger partial charge in [0.05, 0.1) is 4.90 Å². The minimum Gasteiger partial charge on any atom is -0.295 e. The van der Waals surface area contributed by atoms with Crippen molar-refractivity contribution in [3.63, 3.8) is 0 Å². The van der Waals surface area contributed by atoms with Gasteiger partial charge >= 0.3 is 0 Å². The fourth-order valence-corrected chi connectivity index (χ4v) is 3.11. The Bertz CT molecular complexity index is 736. The van der Waals surface area contributed by atoms with Crippen LogP contribution in [0.4, 0.5) is 0 Å². The molecule has 2 aromatic rings. The number of hydrogen-bond acceptors (Lipinski definition) is 3. The molecule has 0 radical (unpaired) electrons. The molecule has 2 rings (SSSR count). The zero-order valence-electron chi connectivity index (χ0n) is 13.6. The van der Waals surface area contributed by atoms with E-state index in [1.54, 1.807) is 12.1 Å². The van der Waals surface area contributed by atoms with Crippen LogP contribution in [-0.4, -0.2) is 26.6 Å². The van der Waals surface area contributed by atoms with Crippen LogP contribution < -0.4 is 0 Å². The van der Waals surface area contributed by atoms with E-state index in [0.29, 0.717) is 4.90 Å². The highest BCUT2D eigenvalue weighted by Crippen LogP contribution is 2.22. The van der Waals surface area contributed by atoms with Crippen molar-refractivity contribution in [3.8, 4) is 0 Å². The molecule has 3 nitrogen and oxygen atoms in total. The van der Waals surface area contributed by atoms with Crippen molar-refractivity contribution < 1.29 is 8.42 Å². The van der Waals surface area contributed by atoms with Gasteiger partial charge in [-0.05, 0) is 44.2 Å². The van der Waals surface area contributed by atoms with Gasteiger partial charge in [-0.25, -0.2) is 8.42 Å². The first-order valence-electron chi connectivity index (χ1n) is 7.33. The van der Waals surface area contributed by atoms with Crippen molar-refractivity contribution in [1.82, 2.24) is 4.90 Å². The third kappa shape index (κ3) is 4.18. The van der Waals surface area contributed by atoms with E-state index in [-0.39, 0.29) is 6.04 Å². The molecule has 0 saturated heterocycles. The molecule has 0 heterocycles. The lowest BCUT2D eigenvalue weighted by atomic mass is 10.1. The van der Waals surface area contributed by atoms with Gasteiger partial charge in [0, 0.05) is 18.8 Å². The minimum atomic E-state index is -3.13. The van der Waals surface area contributed by atoms with Gasteiger partial charge in [-0.15, -0.1) is 0 Å². The number of rotatable bonds is 5. The highest BCUT2D eigenvalue weighted by Gasteiger charge is 2.13. The Labute approximate surface area is 133 Å². The van der Waals surface area contributed by atoms with Crippen molar-refractivity contribution in [2.45, 2.75) is 31.3 Å². The third-order valence-corrected chi connectivity index (χ3v) is 5.09. The summed E-state index contributed by atoms with van der Waals surface area (Å²) in [5.74, 6) is 0. The molecule has 0 aromatic heterocycles. The van der Waals surface area contributed by atoms with Crippen molar-refractivity contribution in [3.05, 3.63) is 65.2 Å². The first-order chi connectivity index (χ1) is 10.3. The smallest absolute Gasteiger partial charge is 0.175 e. The van der Waals surface area contributed by atoms with Crippen molar-refractivity contribution in [2.24, 2.45) is 0 Å². The summed E-state index contributed by atoms with van der Waals surface area (Å²) < 4.78 is 23.0. The molecule has 118 valence electrons. The SMILES string of the molecule is Cc1cccc(CN(C)C(C)c2ccc(S(C)(=O)=O)cc2)c1. The Morgan fingerprint density at radius 3 is 2.27 bits per heavy atom. The summed E-state index contributed by atoms with van der Waals surface area (Å²) in [6.07, 6.45) is 1.23. The molecule has 1 atom stereocenters. The fourth-order valence-electron chi connectivity index (χ4n) is 2.48. The van der Waals surface area contributed by atoms with E-state index in [1.165, 1.54) is 17.4 Å². The molecule has 0 saturated carbocycles. The molecular formula is C18H23NO2S. The molecule has 0 bridgehead atoms. The number of aryl methyl sites for hydroxylation is 1. The average molecular weight is 317 g/mol. The second kappa shape index (κ2) is 6.63. The van der Waals surface area contributed by atoms with Gasteiger partial charge in [-0.2, -0.15) is 0 Å². The molecule has 4 heteroatoms. The molecule has 0 amide bonds. The van der Waals surface area contributed by atoms with Crippen molar-refractivity contribution in [1.29, 1.82) is 0 Å². The maximum atomic E-state index is 11.5. The van der Waals surface area contributed by atoms with E-state index < -0.39 is 9.84 Å². The predicted octanol–water partition coefficient (Wildman–Crippen LogP) is 3.59. The average Bonchev–Trinajstić information content (AvgIpc) is 2.45. The van der Waals surface area contributed by atoms with E-state index in [9.17, 15) is 8.42 Å². The van der Waals surface area contributed by atoms with Crippen LogP contribution in [0.3, 0.4) is 0 Å².